The Hall–Kier alpha value is -4.53. The molecule has 43 heavy (non-hydrogen) atoms. The minimum atomic E-state index is -1.05. The van der Waals surface area contributed by atoms with E-state index < -0.39 is 11.4 Å². The van der Waals surface area contributed by atoms with Crippen LogP contribution in [-0.2, 0) is 16.9 Å². The third-order valence-corrected chi connectivity index (χ3v) is 8.42. The molecule has 12 heteroatoms. The predicted octanol–water partition coefficient (Wildman–Crippen LogP) is 5.24. The van der Waals surface area contributed by atoms with Gasteiger partial charge in [0.2, 0.25) is 11.6 Å². The molecule has 0 amide bonds. The fraction of sp³-hybridized carbons (Fsp3) is 0.355. The lowest BCUT2D eigenvalue weighted by Gasteiger charge is -2.32. The van der Waals surface area contributed by atoms with Crippen molar-refractivity contribution in [3.05, 3.63) is 69.7 Å². The maximum atomic E-state index is 11.8. The third-order valence-electron chi connectivity index (χ3n) is 8.21. The van der Waals surface area contributed by atoms with Crippen LogP contribution < -0.4 is 10.5 Å². The zero-order valence-electron chi connectivity index (χ0n) is 24.0. The first-order chi connectivity index (χ1) is 20.8. The normalized spacial score (nSPS) is 18.3. The van der Waals surface area contributed by atoms with Gasteiger partial charge >= 0.3 is 5.76 Å². The van der Waals surface area contributed by atoms with Gasteiger partial charge in [-0.2, -0.15) is 0 Å². The van der Waals surface area contributed by atoms with Gasteiger partial charge in [-0.05, 0) is 50.7 Å². The van der Waals surface area contributed by atoms with Crippen molar-refractivity contribution in [2.75, 3.05) is 14.2 Å². The Labute approximate surface area is 252 Å². The molecule has 5 aromatic rings. The van der Waals surface area contributed by atoms with Crippen LogP contribution in [-0.4, -0.2) is 48.9 Å². The fourth-order valence-corrected chi connectivity index (χ4v) is 6.06. The van der Waals surface area contributed by atoms with Crippen molar-refractivity contribution in [2.24, 2.45) is 11.8 Å². The molecule has 0 spiro atoms. The van der Waals surface area contributed by atoms with E-state index in [-0.39, 0.29) is 17.6 Å². The maximum absolute atomic E-state index is 11.8. The molecule has 6 rings (SSSR count). The highest BCUT2D eigenvalue weighted by molar-refractivity contribution is 6.30. The largest absolute Gasteiger partial charge is 0.496 e. The van der Waals surface area contributed by atoms with Gasteiger partial charge in [-0.15, -0.1) is 12.3 Å². The summed E-state index contributed by atoms with van der Waals surface area (Å²) in [4.78, 5) is 33.3. The lowest BCUT2D eigenvalue weighted by Crippen LogP contribution is -2.32. The van der Waals surface area contributed by atoms with Crippen molar-refractivity contribution < 1.29 is 14.0 Å². The first-order valence-electron chi connectivity index (χ1n) is 14.0. The number of terminal acetylenes is 1. The second kappa shape index (κ2) is 11.6. The average Bonchev–Trinajstić information content (AvgIpc) is 3.64. The quantitative estimate of drug-likeness (QED) is 0.237. The Morgan fingerprint density at radius 2 is 1.95 bits per heavy atom. The van der Waals surface area contributed by atoms with E-state index in [0.29, 0.717) is 51.5 Å². The molecule has 1 N–H and O–H groups in total. The molecular formula is C31H30ClN7O4. The van der Waals surface area contributed by atoms with Crippen molar-refractivity contribution in [1.29, 1.82) is 0 Å². The van der Waals surface area contributed by atoms with Crippen molar-refractivity contribution in [1.82, 2.24) is 34.6 Å². The van der Waals surface area contributed by atoms with E-state index in [0.717, 1.165) is 31.2 Å². The molecule has 0 bridgehead atoms. The number of ether oxygens (including phenoxy) is 2. The van der Waals surface area contributed by atoms with Crippen LogP contribution in [0.1, 0.15) is 44.0 Å². The van der Waals surface area contributed by atoms with Crippen molar-refractivity contribution in [3.8, 4) is 41.0 Å². The average molecular weight is 600 g/mol. The lowest BCUT2D eigenvalue weighted by molar-refractivity contribution is 0.0258. The number of hydrogen-bond acceptors (Lipinski definition) is 9. The van der Waals surface area contributed by atoms with E-state index in [2.05, 4.69) is 25.6 Å². The standard InChI is InChI=1S/C31H30ClN7O4/c1-5-18-10-12-19(13-11-18)17-39-25-24(20-14-21(32)16-33-15-20)34-27(28-37-30(40)43-38-28)35-26(25)36-29(39)31(2,42-4)22-8-6-7-9-23(22)41-3/h1,6-9,14-16,18-19H,10-13,17H2,2-4H3,(H,37,38,40)/t18-,19-,31?. The van der Waals surface area contributed by atoms with Gasteiger partial charge in [0.05, 0.1) is 12.1 Å². The van der Waals surface area contributed by atoms with Gasteiger partial charge in [0, 0.05) is 43.1 Å². The second-order valence-corrected chi connectivity index (χ2v) is 11.2. The molecule has 0 radical (unpaired) electrons. The molecule has 1 unspecified atom stereocenters. The molecule has 1 aliphatic carbocycles. The highest BCUT2D eigenvalue weighted by atomic mass is 35.5. The van der Waals surface area contributed by atoms with E-state index in [1.807, 2.05) is 31.2 Å². The number of benzene rings is 1. The molecule has 0 aliphatic heterocycles. The number of H-pyrrole nitrogens is 1. The zero-order chi connectivity index (χ0) is 30.1. The molecule has 4 aromatic heterocycles. The summed E-state index contributed by atoms with van der Waals surface area (Å²) >= 11 is 6.39. The molecule has 1 aromatic carbocycles. The van der Waals surface area contributed by atoms with E-state index in [4.69, 9.17) is 47.0 Å². The number of rotatable bonds is 8. The molecule has 1 fully saturated rings. The minimum absolute atomic E-state index is 0.0751. The summed E-state index contributed by atoms with van der Waals surface area (Å²) in [7, 11) is 3.27. The maximum Gasteiger partial charge on any atom is 0.439 e. The molecular weight excluding hydrogens is 570 g/mol. The van der Waals surface area contributed by atoms with E-state index in [1.54, 1.807) is 32.7 Å². The lowest BCUT2D eigenvalue weighted by atomic mass is 9.82. The number of aromatic nitrogens is 7. The number of pyridine rings is 1. The number of imidazole rings is 1. The Bertz CT molecular complexity index is 1880. The SMILES string of the molecule is C#C[C@H]1CC[C@H](Cn2c(C(C)(OC)c3ccccc3OC)nc3nc(-c4noc(=O)[nH]4)nc(-c4cncc(Cl)c4)c32)CC1. The molecule has 11 nitrogen and oxygen atoms in total. The summed E-state index contributed by atoms with van der Waals surface area (Å²) < 4.78 is 18.9. The van der Waals surface area contributed by atoms with Crippen molar-refractivity contribution >= 4 is 22.8 Å². The summed E-state index contributed by atoms with van der Waals surface area (Å²) in [6.07, 6.45) is 12.8. The smallest absolute Gasteiger partial charge is 0.439 e. The zero-order valence-corrected chi connectivity index (χ0v) is 24.8. The van der Waals surface area contributed by atoms with Crippen molar-refractivity contribution in [3.63, 3.8) is 0 Å². The fourth-order valence-electron chi connectivity index (χ4n) is 5.88. The van der Waals surface area contributed by atoms with Gasteiger partial charge < -0.3 is 14.0 Å². The summed E-state index contributed by atoms with van der Waals surface area (Å²) in [5.41, 5.74) is 1.98. The third kappa shape index (κ3) is 5.28. The second-order valence-electron chi connectivity index (χ2n) is 10.8. The number of nitrogens with zero attached hydrogens (tertiary/aromatic N) is 6. The molecule has 4 heterocycles. The van der Waals surface area contributed by atoms with Crippen LogP contribution in [0.3, 0.4) is 0 Å². The minimum Gasteiger partial charge on any atom is -0.496 e. The molecule has 1 saturated carbocycles. The highest BCUT2D eigenvalue weighted by Crippen LogP contribution is 2.42. The van der Waals surface area contributed by atoms with Crippen molar-refractivity contribution in [2.45, 2.75) is 44.8 Å². The number of para-hydroxylation sites is 1. The van der Waals surface area contributed by atoms with E-state index >= 15 is 0 Å². The number of halogens is 1. The molecule has 1 atom stereocenters. The van der Waals surface area contributed by atoms with Gasteiger partial charge in [-0.25, -0.2) is 19.7 Å². The molecule has 0 saturated heterocycles. The van der Waals surface area contributed by atoms with Crippen LogP contribution in [0.25, 0.3) is 34.1 Å². The summed E-state index contributed by atoms with van der Waals surface area (Å²) in [6.45, 7) is 2.59. The summed E-state index contributed by atoms with van der Waals surface area (Å²) in [5.74, 6) is 4.30. The van der Waals surface area contributed by atoms with Gasteiger partial charge in [-0.3, -0.25) is 14.5 Å². The Balaban J connectivity index is 1.64. The van der Waals surface area contributed by atoms with E-state index in [1.165, 1.54) is 0 Å². The number of hydrogen-bond donors (Lipinski definition) is 1. The Kier molecular flexibility index (Phi) is 7.73. The number of aromatic amines is 1. The Morgan fingerprint density at radius 1 is 1.16 bits per heavy atom. The molecule has 220 valence electrons. The van der Waals surface area contributed by atoms with Gasteiger partial charge in [0.15, 0.2) is 11.2 Å². The number of methoxy groups -OCH3 is 2. The van der Waals surface area contributed by atoms with Crippen LogP contribution in [0.5, 0.6) is 5.75 Å². The monoisotopic (exact) mass is 599 g/mol. The van der Waals surface area contributed by atoms with Crippen LogP contribution in [0.15, 0.2) is 52.0 Å². The van der Waals surface area contributed by atoms with Crippen LogP contribution in [0.4, 0.5) is 0 Å². The highest BCUT2D eigenvalue weighted by Gasteiger charge is 2.39. The van der Waals surface area contributed by atoms with Gasteiger partial charge in [0.1, 0.15) is 22.8 Å². The molecule has 1 aliphatic rings. The van der Waals surface area contributed by atoms with Crippen LogP contribution in [0.2, 0.25) is 5.02 Å². The van der Waals surface area contributed by atoms with E-state index in [9.17, 15) is 4.79 Å². The summed E-state index contributed by atoms with van der Waals surface area (Å²) in [5, 5.41) is 4.26. The summed E-state index contributed by atoms with van der Waals surface area (Å²) in [6, 6.07) is 9.47. The number of fused-ring (bicyclic) bond motifs is 1. The van der Waals surface area contributed by atoms with Crippen LogP contribution >= 0.6 is 11.6 Å². The van der Waals surface area contributed by atoms with Gasteiger partial charge in [0.25, 0.3) is 0 Å². The number of nitrogens with one attached hydrogen (secondary N) is 1. The van der Waals surface area contributed by atoms with Gasteiger partial charge in [-0.1, -0.05) is 35.0 Å². The first-order valence-corrected chi connectivity index (χ1v) is 14.3. The predicted molar refractivity (Wildman–Crippen MR) is 160 cm³/mol. The van der Waals surface area contributed by atoms with Crippen LogP contribution in [0, 0.1) is 24.2 Å². The first kappa shape index (κ1) is 28.6. The topological polar surface area (TPSA) is 134 Å². The Morgan fingerprint density at radius 3 is 2.63 bits per heavy atom.